The largest absolute Gasteiger partial charge is 0.477 e. The molecule has 2 N–H and O–H groups in total. The lowest BCUT2D eigenvalue weighted by atomic mass is 9.85. The van der Waals surface area contributed by atoms with E-state index in [2.05, 4.69) is 25.5 Å². The Morgan fingerprint density at radius 2 is 1.73 bits per heavy atom. The number of aromatic carboxylic acids is 1. The highest BCUT2D eigenvalue weighted by molar-refractivity contribution is 7.92. The van der Waals surface area contributed by atoms with Crippen LogP contribution in [0.3, 0.4) is 0 Å². The number of aryl methyl sites for hydroxylation is 2. The molecule has 1 aromatic heterocycles. The van der Waals surface area contributed by atoms with Crippen molar-refractivity contribution in [2.24, 2.45) is 0 Å². The van der Waals surface area contributed by atoms with E-state index in [9.17, 15) is 18.3 Å². The summed E-state index contributed by atoms with van der Waals surface area (Å²) < 4.78 is 28.8. The lowest BCUT2D eigenvalue weighted by molar-refractivity contribution is 0.0703. The van der Waals surface area contributed by atoms with E-state index in [0.717, 1.165) is 22.5 Å². The van der Waals surface area contributed by atoms with E-state index >= 15 is 0 Å². The van der Waals surface area contributed by atoms with Gasteiger partial charge in [-0.25, -0.2) is 13.2 Å². The summed E-state index contributed by atoms with van der Waals surface area (Å²) in [6.07, 6.45) is 1.26. The van der Waals surface area contributed by atoms with E-state index in [1.54, 1.807) is 11.4 Å². The van der Waals surface area contributed by atoms with Gasteiger partial charge in [-0.1, -0.05) is 63.2 Å². The standard InChI is InChI=1S/C23H25NO4S2/c1-23(2,3)18-11-12-20(17(15-18)10-9-16-7-5-4-6-8-16)30(27,28)24-19-13-14-29-21(19)22(25)26/h4-8,11-15,24H,9-10H2,1-3H3,(H,25,26). The molecule has 3 aromatic rings. The Morgan fingerprint density at radius 1 is 1.03 bits per heavy atom. The van der Waals surface area contributed by atoms with Gasteiger partial charge in [0.2, 0.25) is 0 Å². The van der Waals surface area contributed by atoms with Crippen molar-refractivity contribution in [1.82, 2.24) is 0 Å². The summed E-state index contributed by atoms with van der Waals surface area (Å²) in [5.74, 6) is -1.16. The van der Waals surface area contributed by atoms with Gasteiger partial charge in [0, 0.05) is 0 Å². The molecule has 30 heavy (non-hydrogen) atoms. The van der Waals surface area contributed by atoms with Gasteiger partial charge in [-0.05, 0) is 52.5 Å². The molecule has 0 fully saturated rings. The minimum Gasteiger partial charge on any atom is -0.477 e. The Bertz CT molecular complexity index is 1140. The van der Waals surface area contributed by atoms with Crippen LogP contribution in [0.5, 0.6) is 0 Å². The predicted octanol–water partition coefficient (Wildman–Crippen LogP) is 5.33. The Kier molecular flexibility index (Phi) is 6.33. The van der Waals surface area contributed by atoms with Gasteiger partial charge in [0.25, 0.3) is 10.0 Å². The molecule has 0 radical (unpaired) electrons. The number of carboxylic acids is 1. The molecule has 158 valence electrons. The minimum absolute atomic E-state index is 0.0317. The lowest BCUT2D eigenvalue weighted by Crippen LogP contribution is -2.18. The first-order chi connectivity index (χ1) is 14.1. The zero-order valence-electron chi connectivity index (χ0n) is 17.2. The Balaban J connectivity index is 1.99. The highest BCUT2D eigenvalue weighted by Crippen LogP contribution is 2.30. The average Bonchev–Trinajstić information content (AvgIpc) is 3.14. The van der Waals surface area contributed by atoms with Crippen molar-refractivity contribution in [3.05, 3.63) is 81.5 Å². The van der Waals surface area contributed by atoms with Crippen LogP contribution in [-0.2, 0) is 28.3 Å². The lowest BCUT2D eigenvalue weighted by Gasteiger charge is -2.22. The van der Waals surface area contributed by atoms with Crippen molar-refractivity contribution in [2.45, 2.75) is 43.9 Å². The number of sulfonamides is 1. The molecule has 0 spiro atoms. The first-order valence-corrected chi connectivity index (χ1v) is 11.9. The predicted molar refractivity (Wildman–Crippen MR) is 121 cm³/mol. The fourth-order valence-electron chi connectivity index (χ4n) is 3.18. The van der Waals surface area contributed by atoms with Gasteiger partial charge in [0.05, 0.1) is 10.6 Å². The quantitative estimate of drug-likeness (QED) is 0.517. The van der Waals surface area contributed by atoms with Crippen LogP contribution in [0.25, 0.3) is 0 Å². The second-order valence-corrected chi connectivity index (χ2v) is 10.7. The molecule has 2 aromatic carbocycles. The molecule has 3 rings (SSSR count). The third kappa shape index (κ3) is 5.09. The summed E-state index contributed by atoms with van der Waals surface area (Å²) in [6, 6.07) is 16.8. The molecule has 7 heteroatoms. The Hall–Kier alpha value is -2.64. The summed E-state index contributed by atoms with van der Waals surface area (Å²) in [5.41, 5.74) is 2.85. The molecular weight excluding hydrogens is 418 g/mol. The molecule has 0 atom stereocenters. The molecule has 0 saturated heterocycles. The van der Waals surface area contributed by atoms with Crippen LogP contribution < -0.4 is 4.72 Å². The maximum absolute atomic E-state index is 13.2. The summed E-state index contributed by atoms with van der Waals surface area (Å²) in [4.78, 5) is 11.5. The maximum atomic E-state index is 13.2. The van der Waals surface area contributed by atoms with Gasteiger partial charge >= 0.3 is 5.97 Å². The van der Waals surface area contributed by atoms with Crippen molar-refractivity contribution >= 4 is 33.0 Å². The van der Waals surface area contributed by atoms with E-state index in [4.69, 9.17) is 0 Å². The summed E-state index contributed by atoms with van der Waals surface area (Å²) in [6.45, 7) is 6.25. The van der Waals surface area contributed by atoms with Crippen LogP contribution >= 0.6 is 11.3 Å². The van der Waals surface area contributed by atoms with E-state index in [-0.39, 0.29) is 20.9 Å². The van der Waals surface area contributed by atoms with Crippen molar-refractivity contribution in [3.8, 4) is 0 Å². The van der Waals surface area contributed by atoms with Gasteiger partial charge in [0.1, 0.15) is 4.88 Å². The van der Waals surface area contributed by atoms with Crippen LogP contribution in [0.4, 0.5) is 5.69 Å². The topological polar surface area (TPSA) is 83.5 Å². The fraction of sp³-hybridized carbons (Fsp3) is 0.261. The maximum Gasteiger partial charge on any atom is 0.348 e. The zero-order valence-corrected chi connectivity index (χ0v) is 18.8. The van der Waals surface area contributed by atoms with Crippen molar-refractivity contribution in [2.75, 3.05) is 4.72 Å². The first-order valence-electron chi connectivity index (χ1n) is 9.59. The Labute approximate surface area is 181 Å². The molecule has 0 amide bonds. The van der Waals surface area contributed by atoms with Gasteiger partial charge in [-0.15, -0.1) is 11.3 Å². The van der Waals surface area contributed by atoms with E-state index in [1.165, 1.54) is 6.07 Å². The smallest absolute Gasteiger partial charge is 0.348 e. The van der Waals surface area contributed by atoms with Crippen LogP contribution in [0, 0.1) is 0 Å². The summed E-state index contributed by atoms with van der Waals surface area (Å²) >= 11 is 0.985. The van der Waals surface area contributed by atoms with E-state index in [0.29, 0.717) is 18.4 Å². The molecule has 0 aliphatic carbocycles. The number of benzene rings is 2. The molecule has 0 bridgehead atoms. The number of anilines is 1. The van der Waals surface area contributed by atoms with Crippen molar-refractivity contribution in [1.29, 1.82) is 0 Å². The first kappa shape index (κ1) is 22.1. The summed E-state index contributed by atoms with van der Waals surface area (Å²) in [7, 11) is -3.94. The van der Waals surface area contributed by atoms with Crippen molar-refractivity contribution < 1.29 is 18.3 Å². The monoisotopic (exact) mass is 443 g/mol. The second-order valence-electron chi connectivity index (χ2n) is 8.13. The highest BCUT2D eigenvalue weighted by atomic mass is 32.2. The number of hydrogen-bond acceptors (Lipinski definition) is 4. The molecule has 0 aliphatic heterocycles. The third-order valence-electron chi connectivity index (χ3n) is 4.85. The minimum atomic E-state index is -3.94. The fourth-order valence-corrected chi connectivity index (χ4v) is 5.26. The number of thiophene rings is 1. The molecule has 0 aliphatic rings. The van der Waals surface area contributed by atoms with Crippen LogP contribution in [0.1, 0.15) is 47.1 Å². The van der Waals surface area contributed by atoms with E-state index in [1.807, 2.05) is 42.5 Å². The second kappa shape index (κ2) is 8.62. The number of carbonyl (C=O) groups is 1. The van der Waals surface area contributed by atoms with Crippen LogP contribution in [-0.4, -0.2) is 19.5 Å². The third-order valence-corrected chi connectivity index (χ3v) is 7.21. The average molecular weight is 444 g/mol. The Morgan fingerprint density at radius 3 is 2.37 bits per heavy atom. The molecule has 0 unspecified atom stereocenters. The summed E-state index contributed by atoms with van der Waals surface area (Å²) in [5, 5.41) is 10.8. The van der Waals surface area contributed by atoms with Crippen molar-refractivity contribution in [3.63, 3.8) is 0 Å². The van der Waals surface area contributed by atoms with Gasteiger partial charge in [0.15, 0.2) is 0 Å². The van der Waals surface area contributed by atoms with Crippen LogP contribution in [0.2, 0.25) is 0 Å². The number of nitrogens with one attached hydrogen (secondary N) is 1. The zero-order chi connectivity index (χ0) is 21.9. The number of hydrogen-bond donors (Lipinski definition) is 2. The highest BCUT2D eigenvalue weighted by Gasteiger charge is 2.24. The number of rotatable bonds is 7. The molecule has 1 heterocycles. The van der Waals surface area contributed by atoms with Crippen LogP contribution in [0.15, 0.2) is 64.9 Å². The van der Waals surface area contributed by atoms with Gasteiger partial charge in [-0.3, -0.25) is 4.72 Å². The molecular formula is C23H25NO4S2. The molecule has 0 saturated carbocycles. The van der Waals surface area contributed by atoms with E-state index < -0.39 is 16.0 Å². The van der Waals surface area contributed by atoms with Gasteiger partial charge in [-0.2, -0.15) is 0 Å². The normalized spacial score (nSPS) is 12.0. The SMILES string of the molecule is CC(C)(C)c1ccc(S(=O)(=O)Nc2ccsc2C(=O)O)c(CCc2ccccc2)c1. The molecule has 5 nitrogen and oxygen atoms in total. The van der Waals surface area contributed by atoms with Gasteiger partial charge < -0.3 is 5.11 Å². The number of carboxylic acid groups (broad SMARTS) is 1.